The molecule has 1 heterocycles. The van der Waals surface area contributed by atoms with Crippen molar-refractivity contribution in [2.75, 3.05) is 15.4 Å². The minimum atomic E-state index is -3.65. The van der Waals surface area contributed by atoms with E-state index in [4.69, 9.17) is 0 Å². The Kier molecular flexibility index (Phi) is 4.90. The van der Waals surface area contributed by atoms with Crippen LogP contribution in [0.1, 0.15) is 22.8 Å². The fourth-order valence-corrected chi connectivity index (χ4v) is 4.91. The second kappa shape index (κ2) is 6.85. The van der Waals surface area contributed by atoms with Crippen molar-refractivity contribution in [1.29, 1.82) is 0 Å². The van der Waals surface area contributed by atoms with Gasteiger partial charge in [0.1, 0.15) is 0 Å². The predicted molar refractivity (Wildman–Crippen MR) is 104 cm³/mol. The summed E-state index contributed by atoms with van der Waals surface area (Å²) < 4.78 is 26.0. The first kappa shape index (κ1) is 18.6. The highest BCUT2D eigenvalue weighted by atomic mass is 79.9. The SMILES string of the molecule is Cc1ccc(NC(=O)c2ccc(N3C(=O)C(C)CS3(=O)=O)cc2)cc1Br. The quantitative estimate of drug-likeness (QED) is 0.799. The molecule has 1 N–H and O–H groups in total. The Labute approximate surface area is 160 Å². The van der Waals surface area contributed by atoms with E-state index in [1.165, 1.54) is 24.3 Å². The highest BCUT2D eigenvalue weighted by Crippen LogP contribution is 2.28. The monoisotopic (exact) mass is 436 g/mol. The third-order valence-corrected chi connectivity index (χ3v) is 6.88. The molecule has 3 rings (SSSR count). The fraction of sp³-hybridized carbons (Fsp3) is 0.222. The summed E-state index contributed by atoms with van der Waals surface area (Å²) in [5, 5.41) is 2.78. The van der Waals surface area contributed by atoms with Gasteiger partial charge in [-0.25, -0.2) is 12.7 Å². The number of rotatable bonds is 3. The van der Waals surface area contributed by atoms with Crippen LogP contribution in [0.3, 0.4) is 0 Å². The zero-order valence-electron chi connectivity index (χ0n) is 14.2. The number of sulfonamides is 1. The summed E-state index contributed by atoms with van der Waals surface area (Å²) in [5.74, 6) is -1.54. The molecule has 1 fully saturated rings. The number of halogens is 1. The third kappa shape index (κ3) is 3.52. The average molecular weight is 437 g/mol. The molecule has 2 amide bonds. The lowest BCUT2D eigenvalue weighted by Gasteiger charge is -2.15. The van der Waals surface area contributed by atoms with Crippen LogP contribution in [0.25, 0.3) is 0 Å². The molecule has 2 aromatic rings. The van der Waals surface area contributed by atoms with Crippen LogP contribution in [-0.2, 0) is 14.8 Å². The number of aryl methyl sites for hydroxylation is 1. The molecule has 2 aromatic carbocycles. The Morgan fingerprint density at radius 2 is 1.85 bits per heavy atom. The maximum absolute atomic E-state index is 12.4. The number of carbonyl (C=O) groups is 2. The van der Waals surface area contributed by atoms with E-state index >= 15 is 0 Å². The van der Waals surface area contributed by atoms with Gasteiger partial charge >= 0.3 is 0 Å². The number of carbonyl (C=O) groups excluding carboxylic acids is 2. The molecule has 136 valence electrons. The standard InChI is InChI=1S/C18H17BrN2O4S/c1-11-3-6-14(9-16(11)19)20-17(22)13-4-7-15(8-5-13)21-18(23)12(2)10-26(21,24)25/h3-9,12H,10H2,1-2H3,(H,20,22). The van der Waals surface area contributed by atoms with Crippen LogP contribution in [0, 0.1) is 12.8 Å². The first-order valence-electron chi connectivity index (χ1n) is 7.93. The molecule has 1 atom stereocenters. The summed E-state index contributed by atoms with van der Waals surface area (Å²) in [7, 11) is -3.65. The largest absolute Gasteiger partial charge is 0.322 e. The van der Waals surface area contributed by atoms with Gasteiger partial charge in [-0.2, -0.15) is 0 Å². The van der Waals surface area contributed by atoms with Crippen molar-refractivity contribution in [3.63, 3.8) is 0 Å². The molecule has 0 radical (unpaired) electrons. The van der Waals surface area contributed by atoms with Crippen LogP contribution >= 0.6 is 15.9 Å². The first-order valence-corrected chi connectivity index (χ1v) is 10.3. The van der Waals surface area contributed by atoms with Crippen LogP contribution in [0.15, 0.2) is 46.9 Å². The van der Waals surface area contributed by atoms with Crippen LogP contribution in [-0.4, -0.2) is 26.0 Å². The number of amides is 2. The summed E-state index contributed by atoms with van der Waals surface area (Å²) in [6.45, 7) is 3.53. The summed E-state index contributed by atoms with van der Waals surface area (Å²) in [4.78, 5) is 24.5. The maximum Gasteiger partial charge on any atom is 0.255 e. The van der Waals surface area contributed by atoms with Gasteiger partial charge in [0.2, 0.25) is 15.9 Å². The molecule has 8 heteroatoms. The van der Waals surface area contributed by atoms with Gasteiger partial charge in [0.25, 0.3) is 5.91 Å². The van der Waals surface area contributed by atoms with Crippen molar-refractivity contribution in [2.24, 2.45) is 5.92 Å². The van der Waals surface area contributed by atoms with E-state index in [1.54, 1.807) is 19.1 Å². The summed E-state index contributed by atoms with van der Waals surface area (Å²) >= 11 is 3.41. The minimum Gasteiger partial charge on any atom is -0.322 e. The number of hydrogen-bond acceptors (Lipinski definition) is 4. The Balaban J connectivity index is 1.80. The van der Waals surface area contributed by atoms with E-state index in [-0.39, 0.29) is 17.3 Å². The normalized spacial score (nSPS) is 18.8. The van der Waals surface area contributed by atoms with Gasteiger partial charge in [-0.1, -0.05) is 28.9 Å². The molecule has 1 aliphatic rings. The highest BCUT2D eigenvalue weighted by Gasteiger charge is 2.41. The second-order valence-electron chi connectivity index (χ2n) is 6.25. The van der Waals surface area contributed by atoms with Crippen molar-refractivity contribution in [3.8, 4) is 0 Å². The zero-order valence-corrected chi connectivity index (χ0v) is 16.6. The molecule has 0 aliphatic carbocycles. The second-order valence-corrected chi connectivity index (χ2v) is 8.96. The lowest BCUT2D eigenvalue weighted by molar-refractivity contribution is -0.119. The Morgan fingerprint density at radius 3 is 2.38 bits per heavy atom. The lowest BCUT2D eigenvalue weighted by atomic mass is 10.1. The maximum atomic E-state index is 12.4. The van der Waals surface area contributed by atoms with Gasteiger partial charge in [-0.3, -0.25) is 9.59 Å². The number of anilines is 2. The number of nitrogens with zero attached hydrogens (tertiary/aromatic N) is 1. The third-order valence-electron chi connectivity index (χ3n) is 4.15. The van der Waals surface area contributed by atoms with Crippen LogP contribution in [0.5, 0.6) is 0 Å². The van der Waals surface area contributed by atoms with Gasteiger partial charge in [-0.05, 0) is 48.9 Å². The molecule has 1 aliphatic heterocycles. The number of nitrogens with one attached hydrogen (secondary N) is 1. The van der Waals surface area contributed by atoms with Gasteiger partial charge in [0, 0.05) is 15.7 Å². The van der Waals surface area contributed by atoms with Crippen LogP contribution in [0.4, 0.5) is 11.4 Å². The molecular weight excluding hydrogens is 420 g/mol. The van der Waals surface area contributed by atoms with E-state index in [2.05, 4.69) is 21.2 Å². The first-order chi connectivity index (χ1) is 12.2. The lowest BCUT2D eigenvalue weighted by Crippen LogP contribution is -2.30. The van der Waals surface area contributed by atoms with E-state index in [0.29, 0.717) is 11.3 Å². The zero-order chi connectivity index (χ0) is 19.1. The van der Waals surface area contributed by atoms with Gasteiger partial charge < -0.3 is 5.32 Å². The molecule has 0 aromatic heterocycles. The summed E-state index contributed by atoms with van der Waals surface area (Å²) in [6, 6.07) is 11.4. The van der Waals surface area contributed by atoms with E-state index < -0.39 is 21.8 Å². The Hall–Kier alpha value is -2.19. The summed E-state index contributed by atoms with van der Waals surface area (Å²) in [5.41, 5.74) is 2.30. The fourth-order valence-electron chi connectivity index (χ4n) is 2.71. The van der Waals surface area contributed by atoms with Crippen molar-refractivity contribution in [3.05, 3.63) is 58.1 Å². The molecule has 1 unspecified atom stereocenters. The molecular formula is C18H17BrN2O4S. The Morgan fingerprint density at radius 1 is 1.19 bits per heavy atom. The smallest absolute Gasteiger partial charge is 0.255 e. The molecule has 1 saturated heterocycles. The molecule has 0 spiro atoms. The number of hydrogen-bond donors (Lipinski definition) is 1. The molecule has 6 nitrogen and oxygen atoms in total. The topological polar surface area (TPSA) is 83.6 Å². The molecule has 0 saturated carbocycles. The Bertz CT molecular complexity index is 987. The van der Waals surface area contributed by atoms with Crippen molar-refractivity contribution in [2.45, 2.75) is 13.8 Å². The molecule has 26 heavy (non-hydrogen) atoms. The van der Waals surface area contributed by atoms with Crippen molar-refractivity contribution < 1.29 is 18.0 Å². The minimum absolute atomic E-state index is 0.198. The van der Waals surface area contributed by atoms with E-state index in [0.717, 1.165) is 14.3 Å². The van der Waals surface area contributed by atoms with Gasteiger partial charge in [0.15, 0.2) is 0 Å². The molecule has 0 bridgehead atoms. The van der Waals surface area contributed by atoms with Crippen LogP contribution < -0.4 is 9.62 Å². The van der Waals surface area contributed by atoms with Gasteiger partial charge in [-0.15, -0.1) is 0 Å². The van der Waals surface area contributed by atoms with Crippen molar-refractivity contribution >= 4 is 49.1 Å². The summed E-state index contributed by atoms with van der Waals surface area (Å²) in [6.07, 6.45) is 0. The van der Waals surface area contributed by atoms with Crippen molar-refractivity contribution in [1.82, 2.24) is 0 Å². The van der Waals surface area contributed by atoms with Crippen LogP contribution in [0.2, 0.25) is 0 Å². The highest BCUT2D eigenvalue weighted by molar-refractivity contribution is 9.10. The van der Waals surface area contributed by atoms with E-state index in [9.17, 15) is 18.0 Å². The average Bonchev–Trinajstić information content (AvgIpc) is 2.78. The van der Waals surface area contributed by atoms with E-state index in [1.807, 2.05) is 13.0 Å². The van der Waals surface area contributed by atoms with Gasteiger partial charge in [0.05, 0.1) is 17.4 Å². The predicted octanol–water partition coefficient (Wildman–Crippen LogP) is 3.32. The number of benzene rings is 2.